The van der Waals surface area contributed by atoms with Crippen molar-refractivity contribution in [3.05, 3.63) is 23.8 Å². The molecule has 8 nitrogen and oxygen atoms in total. The van der Waals surface area contributed by atoms with Gasteiger partial charge in [0.25, 0.3) is 5.91 Å². The maximum absolute atomic E-state index is 12.6. The zero-order valence-corrected chi connectivity index (χ0v) is 15.1. The van der Waals surface area contributed by atoms with Crippen LogP contribution in [0.25, 0.3) is 0 Å². The first-order valence-electron chi connectivity index (χ1n) is 8.65. The van der Waals surface area contributed by atoms with Gasteiger partial charge in [-0.25, -0.2) is 0 Å². The van der Waals surface area contributed by atoms with Gasteiger partial charge >= 0.3 is 0 Å². The Bertz CT molecular complexity index is 751. The average Bonchev–Trinajstić information content (AvgIpc) is 3.00. The Balaban J connectivity index is 1.71. The minimum atomic E-state index is -1.08. The molecule has 1 atom stereocenters. The minimum absolute atomic E-state index is 0.0765. The van der Waals surface area contributed by atoms with Gasteiger partial charge in [0.2, 0.25) is 11.8 Å². The van der Waals surface area contributed by atoms with E-state index in [-0.39, 0.29) is 30.9 Å². The first-order valence-corrected chi connectivity index (χ1v) is 8.65. The highest BCUT2D eigenvalue weighted by Gasteiger charge is 2.42. The van der Waals surface area contributed by atoms with E-state index in [0.29, 0.717) is 31.8 Å². The molecule has 1 aromatic carbocycles. The third kappa shape index (κ3) is 3.56. The number of carbonyl (C=O) groups excluding carboxylic acids is 3. The summed E-state index contributed by atoms with van der Waals surface area (Å²) in [4.78, 5) is 39.3. The lowest BCUT2D eigenvalue weighted by molar-refractivity contribution is -0.128. The highest BCUT2D eigenvalue weighted by atomic mass is 16.5. The topological polar surface area (TPSA) is 105 Å². The lowest BCUT2D eigenvalue weighted by Gasteiger charge is -2.28. The van der Waals surface area contributed by atoms with Gasteiger partial charge in [0.15, 0.2) is 0 Å². The molecule has 0 bridgehead atoms. The SMILES string of the molecule is CC(=O)N1CCC(N)(C(=O)Nc2ccc(N3CCOCC3=O)c(C)c2)C1. The van der Waals surface area contributed by atoms with E-state index in [1.54, 1.807) is 15.9 Å². The molecule has 0 saturated carbocycles. The van der Waals surface area contributed by atoms with Gasteiger partial charge in [0.1, 0.15) is 12.1 Å². The van der Waals surface area contributed by atoms with E-state index < -0.39 is 5.54 Å². The summed E-state index contributed by atoms with van der Waals surface area (Å²) in [7, 11) is 0. The van der Waals surface area contributed by atoms with Crippen LogP contribution in [0.15, 0.2) is 18.2 Å². The molecule has 2 aliphatic rings. The van der Waals surface area contributed by atoms with Crippen molar-refractivity contribution in [3.63, 3.8) is 0 Å². The molecule has 8 heteroatoms. The third-order valence-corrected chi connectivity index (χ3v) is 4.93. The Morgan fingerprint density at radius 2 is 2.08 bits per heavy atom. The van der Waals surface area contributed by atoms with E-state index >= 15 is 0 Å². The van der Waals surface area contributed by atoms with Crippen LogP contribution in [0, 0.1) is 6.92 Å². The normalized spacial score (nSPS) is 23.3. The Hall–Kier alpha value is -2.45. The standard InChI is InChI=1S/C18H24N4O4/c1-12-9-14(3-4-15(12)22-7-8-26-10-16(22)24)20-17(25)18(19)5-6-21(11-18)13(2)23/h3-4,9H,5-8,10-11,19H2,1-2H3,(H,20,25). The summed E-state index contributed by atoms with van der Waals surface area (Å²) >= 11 is 0. The number of ether oxygens (including phenoxy) is 1. The number of likely N-dealkylation sites (tertiary alicyclic amines) is 1. The molecule has 0 radical (unpaired) electrons. The predicted molar refractivity (Wildman–Crippen MR) is 96.8 cm³/mol. The summed E-state index contributed by atoms with van der Waals surface area (Å²) in [5.41, 5.74) is 7.42. The van der Waals surface area contributed by atoms with Crippen LogP contribution < -0.4 is 16.0 Å². The van der Waals surface area contributed by atoms with Gasteiger partial charge in [-0.3, -0.25) is 14.4 Å². The van der Waals surface area contributed by atoms with Crippen LogP contribution in [0.3, 0.4) is 0 Å². The Labute approximate surface area is 152 Å². The van der Waals surface area contributed by atoms with Crippen LogP contribution in [0.5, 0.6) is 0 Å². The van der Waals surface area contributed by atoms with Gasteiger partial charge in [-0.05, 0) is 37.1 Å². The number of aryl methyl sites for hydroxylation is 1. The number of amides is 3. The van der Waals surface area contributed by atoms with Gasteiger partial charge in [0.05, 0.1) is 6.61 Å². The summed E-state index contributed by atoms with van der Waals surface area (Å²) in [6.07, 6.45) is 0.428. The zero-order chi connectivity index (χ0) is 18.9. The fraction of sp³-hybridized carbons (Fsp3) is 0.500. The largest absolute Gasteiger partial charge is 0.370 e. The first-order chi connectivity index (χ1) is 12.3. The number of nitrogens with zero attached hydrogens (tertiary/aromatic N) is 2. The molecular formula is C18H24N4O4. The van der Waals surface area contributed by atoms with Gasteiger partial charge < -0.3 is 25.6 Å². The molecule has 3 rings (SSSR count). The van der Waals surface area contributed by atoms with Gasteiger partial charge in [0, 0.05) is 37.9 Å². The summed E-state index contributed by atoms with van der Waals surface area (Å²) in [5, 5.41) is 2.84. The van der Waals surface area contributed by atoms with Crippen molar-refractivity contribution in [1.82, 2.24) is 4.90 Å². The molecule has 140 valence electrons. The van der Waals surface area contributed by atoms with Crippen molar-refractivity contribution >= 4 is 29.1 Å². The number of benzene rings is 1. The monoisotopic (exact) mass is 360 g/mol. The molecule has 2 heterocycles. The number of morpholine rings is 1. The summed E-state index contributed by atoms with van der Waals surface area (Å²) in [6.45, 7) is 5.16. The second-order valence-corrected chi connectivity index (χ2v) is 6.90. The maximum Gasteiger partial charge on any atom is 0.253 e. The molecule has 1 aromatic rings. The molecule has 2 saturated heterocycles. The van der Waals surface area contributed by atoms with Crippen LogP contribution in [-0.4, -0.2) is 61.0 Å². The van der Waals surface area contributed by atoms with Crippen molar-refractivity contribution < 1.29 is 19.1 Å². The molecule has 3 N–H and O–H groups in total. The zero-order valence-electron chi connectivity index (χ0n) is 15.1. The van der Waals surface area contributed by atoms with Gasteiger partial charge in [-0.15, -0.1) is 0 Å². The lowest BCUT2D eigenvalue weighted by Crippen LogP contribution is -2.53. The van der Waals surface area contributed by atoms with Crippen LogP contribution in [0.1, 0.15) is 18.9 Å². The predicted octanol–water partition coefficient (Wildman–Crippen LogP) is 0.246. The van der Waals surface area contributed by atoms with E-state index in [0.717, 1.165) is 11.3 Å². The highest BCUT2D eigenvalue weighted by Crippen LogP contribution is 2.26. The molecule has 2 fully saturated rings. The van der Waals surface area contributed by atoms with Gasteiger partial charge in [-0.2, -0.15) is 0 Å². The Morgan fingerprint density at radius 3 is 2.69 bits per heavy atom. The lowest BCUT2D eigenvalue weighted by atomic mass is 9.99. The van der Waals surface area contributed by atoms with E-state index in [4.69, 9.17) is 10.5 Å². The molecule has 0 aliphatic carbocycles. The molecule has 26 heavy (non-hydrogen) atoms. The third-order valence-electron chi connectivity index (χ3n) is 4.93. The second-order valence-electron chi connectivity index (χ2n) is 6.90. The molecule has 0 spiro atoms. The van der Waals surface area contributed by atoms with Crippen molar-refractivity contribution in [2.24, 2.45) is 5.73 Å². The summed E-state index contributed by atoms with van der Waals surface area (Å²) in [6, 6.07) is 5.38. The van der Waals surface area contributed by atoms with Crippen molar-refractivity contribution in [2.45, 2.75) is 25.8 Å². The number of carbonyl (C=O) groups is 3. The molecular weight excluding hydrogens is 336 g/mol. The van der Waals surface area contributed by atoms with Crippen LogP contribution >= 0.6 is 0 Å². The number of hydrogen-bond acceptors (Lipinski definition) is 5. The number of nitrogens with one attached hydrogen (secondary N) is 1. The van der Waals surface area contributed by atoms with Gasteiger partial charge in [-0.1, -0.05) is 0 Å². The quantitative estimate of drug-likeness (QED) is 0.804. The van der Waals surface area contributed by atoms with Crippen molar-refractivity contribution in [1.29, 1.82) is 0 Å². The number of anilines is 2. The number of hydrogen-bond donors (Lipinski definition) is 2. The fourth-order valence-corrected chi connectivity index (χ4v) is 3.35. The maximum atomic E-state index is 12.6. The second kappa shape index (κ2) is 7.05. The van der Waals surface area contributed by atoms with Crippen molar-refractivity contribution in [2.75, 3.05) is 43.1 Å². The highest BCUT2D eigenvalue weighted by molar-refractivity contribution is 6.00. The smallest absolute Gasteiger partial charge is 0.253 e. The van der Waals surface area contributed by atoms with Crippen LogP contribution in [0.2, 0.25) is 0 Å². The fourth-order valence-electron chi connectivity index (χ4n) is 3.35. The Morgan fingerprint density at radius 1 is 1.31 bits per heavy atom. The van der Waals surface area contributed by atoms with Crippen LogP contribution in [-0.2, 0) is 19.1 Å². The number of rotatable bonds is 3. The molecule has 3 amide bonds. The van der Waals surface area contributed by atoms with E-state index in [2.05, 4.69) is 5.32 Å². The van der Waals surface area contributed by atoms with E-state index in [1.807, 2.05) is 19.1 Å². The summed E-state index contributed by atoms with van der Waals surface area (Å²) < 4.78 is 5.15. The van der Waals surface area contributed by atoms with Crippen molar-refractivity contribution in [3.8, 4) is 0 Å². The first kappa shape index (κ1) is 18.3. The minimum Gasteiger partial charge on any atom is -0.370 e. The van der Waals surface area contributed by atoms with E-state index in [9.17, 15) is 14.4 Å². The number of nitrogens with two attached hydrogens (primary N) is 1. The Kier molecular flexibility index (Phi) is 4.97. The van der Waals surface area contributed by atoms with Crippen LogP contribution in [0.4, 0.5) is 11.4 Å². The van der Waals surface area contributed by atoms with E-state index in [1.165, 1.54) is 6.92 Å². The molecule has 0 aromatic heterocycles. The molecule has 2 aliphatic heterocycles. The summed E-state index contributed by atoms with van der Waals surface area (Å²) in [5.74, 6) is -0.469. The average molecular weight is 360 g/mol. The molecule has 1 unspecified atom stereocenters.